The van der Waals surface area contributed by atoms with E-state index in [9.17, 15) is 9.59 Å². The minimum atomic E-state index is -0.103. The highest BCUT2D eigenvalue weighted by molar-refractivity contribution is 5.97. The number of unbranched alkanes of at least 4 members (excludes halogenated alkanes) is 1. The largest absolute Gasteiger partial charge is 0.352 e. The molecule has 1 rings (SSSR count). The third kappa shape index (κ3) is 5.12. The van der Waals surface area contributed by atoms with Gasteiger partial charge in [-0.2, -0.15) is 0 Å². The number of hydrogen-bond acceptors (Lipinski definition) is 2. The minimum absolute atomic E-state index is 0.0523. The van der Waals surface area contributed by atoms with E-state index in [1.54, 1.807) is 24.3 Å². The average molecular weight is 262 g/mol. The van der Waals surface area contributed by atoms with Gasteiger partial charge < -0.3 is 10.6 Å². The van der Waals surface area contributed by atoms with Crippen molar-refractivity contribution in [2.75, 3.05) is 11.9 Å². The summed E-state index contributed by atoms with van der Waals surface area (Å²) in [5, 5.41) is 5.64. The standard InChI is InChI=1S/C15H22N2O2/c1-4-5-9-16-15(19)12-7-6-8-13(10-12)17-14(18)11(2)3/h6-8,10-11H,4-5,9H2,1-3H3,(H,16,19)(H,17,18). The maximum Gasteiger partial charge on any atom is 0.251 e. The van der Waals surface area contributed by atoms with Crippen molar-refractivity contribution >= 4 is 17.5 Å². The normalized spacial score (nSPS) is 10.3. The van der Waals surface area contributed by atoms with Gasteiger partial charge in [-0.15, -0.1) is 0 Å². The van der Waals surface area contributed by atoms with Gasteiger partial charge in [0.2, 0.25) is 5.91 Å². The van der Waals surface area contributed by atoms with Crippen molar-refractivity contribution in [1.29, 1.82) is 0 Å². The zero-order chi connectivity index (χ0) is 14.3. The van der Waals surface area contributed by atoms with Crippen LogP contribution in [0.25, 0.3) is 0 Å². The van der Waals surface area contributed by atoms with Gasteiger partial charge in [0.25, 0.3) is 5.91 Å². The van der Waals surface area contributed by atoms with Crippen molar-refractivity contribution in [3.63, 3.8) is 0 Å². The summed E-state index contributed by atoms with van der Waals surface area (Å²) in [6.45, 7) is 6.42. The molecular weight excluding hydrogens is 240 g/mol. The Hall–Kier alpha value is -1.84. The average Bonchev–Trinajstić information content (AvgIpc) is 2.39. The molecule has 0 aliphatic rings. The highest BCUT2D eigenvalue weighted by Crippen LogP contribution is 2.12. The van der Waals surface area contributed by atoms with E-state index in [2.05, 4.69) is 17.6 Å². The van der Waals surface area contributed by atoms with Gasteiger partial charge in [-0.05, 0) is 24.6 Å². The molecule has 4 nitrogen and oxygen atoms in total. The first-order valence-corrected chi connectivity index (χ1v) is 6.73. The van der Waals surface area contributed by atoms with E-state index < -0.39 is 0 Å². The SMILES string of the molecule is CCCCNC(=O)c1cccc(NC(=O)C(C)C)c1. The van der Waals surface area contributed by atoms with E-state index in [1.165, 1.54) is 0 Å². The lowest BCUT2D eigenvalue weighted by atomic mass is 10.1. The van der Waals surface area contributed by atoms with Crippen LogP contribution in [0.1, 0.15) is 44.0 Å². The summed E-state index contributed by atoms with van der Waals surface area (Å²) in [6.07, 6.45) is 2.01. The third-order valence-corrected chi connectivity index (χ3v) is 2.73. The molecule has 2 amide bonds. The third-order valence-electron chi connectivity index (χ3n) is 2.73. The molecule has 0 aliphatic heterocycles. The van der Waals surface area contributed by atoms with Crippen molar-refractivity contribution in [2.45, 2.75) is 33.6 Å². The van der Waals surface area contributed by atoms with Gasteiger partial charge in [0.15, 0.2) is 0 Å². The van der Waals surface area contributed by atoms with Crippen LogP contribution in [0.4, 0.5) is 5.69 Å². The maximum absolute atomic E-state index is 11.9. The van der Waals surface area contributed by atoms with Crippen LogP contribution in [-0.4, -0.2) is 18.4 Å². The topological polar surface area (TPSA) is 58.2 Å². The van der Waals surface area contributed by atoms with Crippen LogP contribution >= 0.6 is 0 Å². The summed E-state index contributed by atoms with van der Waals surface area (Å²) in [7, 11) is 0. The number of amides is 2. The first-order chi connectivity index (χ1) is 9.04. The van der Waals surface area contributed by atoms with Crippen molar-refractivity contribution in [3.8, 4) is 0 Å². The van der Waals surface area contributed by atoms with Gasteiger partial charge >= 0.3 is 0 Å². The molecule has 0 spiro atoms. The molecule has 0 heterocycles. The molecule has 0 atom stereocenters. The Balaban J connectivity index is 2.66. The molecule has 0 bridgehead atoms. The van der Waals surface area contributed by atoms with Crippen molar-refractivity contribution in [1.82, 2.24) is 5.32 Å². The molecule has 0 unspecified atom stereocenters. The van der Waals surface area contributed by atoms with Gasteiger partial charge in [-0.3, -0.25) is 9.59 Å². The summed E-state index contributed by atoms with van der Waals surface area (Å²) in [5.74, 6) is -0.236. The van der Waals surface area contributed by atoms with Crippen LogP contribution in [0.3, 0.4) is 0 Å². The van der Waals surface area contributed by atoms with Gasteiger partial charge in [-0.25, -0.2) is 0 Å². The van der Waals surface area contributed by atoms with Gasteiger partial charge in [0, 0.05) is 23.7 Å². The molecule has 104 valence electrons. The highest BCUT2D eigenvalue weighted by Gasteiger charge is 2.09. The van der Waals surface area contributed by atoms with Crippen LogP contribution in [0, 0.1) is 5.92 Å². The Morgan fingerprint density at radius 2 is 2.00 bits per heavy atom. The molecule has 19 heavy (non-hydrogen) atoms. The van der Waals surface area contributed by atoms with E-state index in [0.29, 0.717) is 17.8 Å². The molecular formula is C15H22N2O2. The van der Waals surface area contributed by atoms with Crippen molar-refractivity contribution in [2.24, 2.45) is 5.92 Å². The first kappa shape index (κ1) is 15.2. The zero-order valence-corrected chi connectivity index (χ0v) is 11.8. The lowest BCUT2D eigenvalue weighted by molar-refractivity contribution is -0.118. The molecule has 1 aromatic carbocycles. The lowest BCUT2D eigenvalue weighted by Gasteiger charge is -2.09. The number of hydrogen-bond donors (Lipinski definition) is 2. The number of nitrogens with one attached hydrogen (secondary N) is 2. The molecule has 2 N–H and O–H groups in total. The number of anilines is 1. The van der Waals surface area contributed by atoms with Crippen LogP contribution in [0.5, 0.6) is 0 Å². The van der Waals surface area contributed by atoms with Crippen LogP contribution in [-0.2, 0) is 4.79 Å². The van der Waals surface area contributed by atoms with Crippen molar-refractivity contribution in [3.05, 3.63) is 29.8 Å². The van der Waals surface area contributed by atoms with Crippen LogP contribution in [0.2, 0.25) is 0 Å². The number of benzene rings is 1. The summed E-state index contributed by atoms with van der Waals surface area (Å²) >= 11 is 0. The second kappa shape index (κ2) is 7.56. The number of rotatable bonds is 6. The quantitative estimate of drug-likeness (QED) is 0.774. The summed E-state index contributed by atoms with van der Waals surface area (Å²) in [4.78, 5) is 23.5. The monoisotopic (exact) mass is 262 g/mol. The second-order valence-corrected chi connectivity index (χ2v) is 4.83. The molecule has 0 aliphatic carbocycles. The smallest absolute Gasteiger partial charge is 0.251 e. The molecule has 0 fully saturated rings. The Morgan fingerprint density at radius 1 is 1.26 bits per heavy atom. The lowest BCUT2D eigenvalue weighted by Crippen LogP contribution is -2.24. The van der Waals surface area contributed by atoms with Gasteiger partial charge in [0.05, 0.1) is 0 Å². The summed E-state index contributed by atoms with van der Waals surface area (Å²) in [5.41, 5.74) is 1.22. The zero-order valence-electron chi connectivity index (χ0n) is 11.8. The van der Waals surface area contributed by atoms with E-state index >= 15 is 0 Å². The van der Waals surface area contributed by atoms with E-state index in [-0.39, 0.29) is 17.7 Å². The van der Waals surface area contributed by atoms with E-state index in [0.717, 1.165) is 12.8 Å². The second-order valence-electron chi connectivity index (χ2n) is 4.83. The highest BCUT2D eigenvalue weighted by atomic mass is 16.2. The van der Waals surface area contributed by atoms with Crippen LogP contribution < -0.4 is 10.6 Å². The number of carbonyl (C=O) groups excluding carboxylic acids is 2. The van der Waals surface area contributed by atoms with Crippen molar-refractivity contribution < 1.29 is 9.59 Å². The van der Waals surface area contributed by atoms with E-state index in [1.807, 2.05) is 13.8 Å². The predicted octanol–water partition coefficient (Wildman–Crippen LogP) is 2.81. The molecule has 0 radical (unpaired) electrons. The minimum Gasteiger partial charge on any atom is -0.352 e. The Bertz CT molecular complexity index is 442. The maximum atomic E-state index is 11.9. The van der Waals surface area contributed by atoms with Gasteiger partial charge in [-0.1, -0.05) is 33.3 Å². The summed E-state index contributed by atoms with van der Waals surface area (Å²) < 4.78 is 0. The number of carbonyl (C=O) groups is 2. The molecule has 1 aromatic rings. The predicted molar refractivity (Wildman–Crippen MR) is 77.2 cm³/mol. The Kier molecular flexibility index (Phi) is 6.06. The first-order valence-electron chi connectivity index (χ1n) is 6.73. The van der Waals surface area contributed by atoms with E-state index in [4.69, 9.17) is 0 Å². The van der Waals surface area contributed by atoms with Crippen LogP contribution in [0.15, 0.2) is 24.3 Å². The Morgan fingerprint density at radius 3 is 2.63 bits per heavy atom. The molecule has 0 saturated heterocycles. The molecule has 4 heteroatoms. The molecule has 0 saturated carbocycles. The Labute approximate surface area is 114 Å². The fourth-order valence-corrected chi connectivity index (χ4v) is 1.51. The summed E-state index contributed by atoms with van der Waals surface area (Å²) in [6, 6.07) is 6.99. The fraction of sp³-hybridized carbons (Fsp3) is 0.467. The van der Waals surface area contributed by atoms with Gasteiger partial charge in [0.1, 0.15) is 0 Å². The fourth-order valence-electron chi connectivity index (χ4n) is 1.51. The molecule has 0 aromatic heterocycles.